The Hall–Kier alpha value is -2.84. The van der Waals surface area contributed by atoms with E-state index in [2.05, 4.69) is 42.6 Å². The molecule has 5 nitrogen and oxygen atoms in total. The molecule has 1 aromatic carbocycles. The number of ketones is 1. The maximum atomic E-state index is 12.7. The first kappa shape index (κ1) is 20.1. The van der Waals surface area contributed by atoms with Crippen LogP contribution in [-0.4, -0.2) is 28.8 Å². The van der Waals surface area contributed by atoms with Crippen LogP contribution in [0.25, 0.3) is 11.3 Å². The predicted octanol–water partition coefficient (Wildman–Crippen LogP) is 4.10. The molecule has 1 saturated heterocycles. The highest BCUT2D eigenvalue weighted by Crippen LogP contribution is 2.50. The number of Topliss-reactive ketones (excluding diaryl/α,β-unsaturated/α-hetero) is 1. The van der Waals surface area contributed by atoms with E-state index in [1.54, 1.807) is 0 Å². The van der Waals surface area contributed by atoms with Gasteiger partial charge in [0.05, 0.1) is 17.0 Å². The van der Waals surface area contributed by atoms with E-state index < -0.39 is 5.41 Å². The van der Waals surface area contributed by atoms with Crippen molar-refractivity contribution in [1.82, 2.24) is 15.3 Å². The van der Waals surface area contributed by atoms with Crippen molar-refractivity contribution in [2.45, 2.75) is 50.9 Å². The number of allylic oxidation sites excluding steroid dienone is 2. The molecule has 158 valence electrons. The molecule has 1 aliphatic heterocycles. The van der Waals surface area contributed by atoms with Gasteiger partial charge >= 0.3 is 0 Å². The van der Waals surface area contributed by atoms with Gasteiger partial charge in [0, 0.05) is 28.4 Å². The Labute approximate surface area is 183 Å². The zero-order chi connectivity index (χ0) is 21.6. The summed E-state index contributed by atoms with van der Waals surface area (Å²) < 4.78 is 0. The van der Waals surface area contributed by atoms with Crippen LogP contribution in [0.5, 0.6) is 0 Å². The third kappa shape index (κ3) is 3.21. The first-order valence-corrected chi connectivity index (χ1v) is 11.4. The number of fused-ring (bicyclic) bond motifs is 3. The molecule has 2 heterocycles. The molecule has 5 heteroatoms. The molecular weight excluding hydrogens is 384 g/mol. The summed E-state index contributed by atoms with van der Waals surface area (Å²) in [6, 6.07) is 12.5. The molecule has 3 aliphatic rings. The summed E-state index contributed by atoms with van der Waals surface area (Å²) in [7, 11) is 0. The quantitative estimate of drug-likeness (QED) is 0.803. The smallest absolute Gasteiger partial charge is 0.176 e. The fraction of sp³-hybridized carbons (Fsp3) is 0.462. The number of aromatic nitrogens is 2. The third-order valence-corrected chi connectivity index (χ3v) is 7.61. The monoisotopic (exact) mass is 412 g/mol. The highest BCUT2D eigenvalue weighted by molar-refractivity contribution is 6.02. The maximum Gasteiger partial charge on any atom is 0.176 e. The fourth-order valence-corrected chi connectivity index (χ4v) is 5.89. The van der Waals surface area contributed by atoms with Gasteiger partial charge in [-0.15, -0.1) is 0 Å². The van der Waals surface area contributed by atoms with Crippen LogP contribution in [-0.2, 0) is 16.6 Å². The van der Waals surface area contributed by atoms with Crippen LogP contribution in [0.1, 0.15) is 56.1 Å². The zero-order valence-corrected chi connectivity index (χ0v) is 18.2. The minimum absolute atomic E-state index is 0.0238. The number of nitrogens with one attached hydrogen (secondary N) is 1. The van der Waals surface area contributed by atoms with Crippen molar-refractivity contribution in [3.8, 4) is 17.3 Å². The molecule has 31 heavy (non-hydrogen) atoms. The van der Waals surface area contributed by atoms with Crippen molar-refractivity contribution in [3.05, 3.63) is 59.1 Å². The lowest BCUT2D eigenvalue weighted by molar-refractivity contribution is -0.121. The molecule has 0 bridgehead atoms. The molecule has 1 aromatic heterocycles. The van der Waals surface area contributed by atoms with Gasteiger partial charge in [-0.3, -0.25) is 4.79 Å². The highest BCUT2D eigenvalue weighted by atomic mass is 16.1. The van der Waals surface area contributed by atoms with Crippen LogP contribution in [0.2, 0.25) is 0 Å². The number of nitriles is 1. The Balaban J connectivity index is 1.75. The van der Waals surface area contributed by atoms with E-state index in [-0.39, 0.29) is 23.2 Å². The number of benzene rings is 1. The van der Waals surface area contributed by atoms with Crippen LogP contribution in [0.15, 0.2) is 42.0 Å². The van der Waals surface area contributed by atoms with Gasteiger partial charge in [-0.25, -0.2) is 9.97 Å². The second-order valence-electron chi connectivity index (χ2n) is 9.40. The number of carbonyl (C=O) groups excluding carboxylic acids is 1. The summed E-state index contributed by atoms with van der Waals surface area (Å²) >= 11 is 0. The molecule has 1 fully saturated rings. The maximum absolute atomic E-state index is 12.7. The van der Waals surface area contributed by atoms with Gasteiger partial charge in [-0.1, -0.05) is 50.3 Å². The molecule has 1 unspecified atom stereocenters. The third-order valence-electron chi connectivity index (χ3n) is 7.61. The summed E-state index contributed by atoms with van der Waals surface area (Å²) in [5.74, 6) is 1.21. The van der Waals surface area contributed by atoms with E-state index in [1.807, 2.05) is 19.1 Å². The SMILES string of the molecule is C[C@H]1C(=O)C(C#N)=C[C@@]2(C)c3nc(C4CCNCC4)nc(-c4ccccc4)c3CCC12. The summed E-state index contributed by atoms with van der Waals surface area (Å²) in [5, 5.41) is 13.1. The largest absolute Gasteiger partial charge is 0.317 e. The van der Waals surface area contributed by atoms with Gasteiger partial charge in [-0.05, 0) is 44.7 Å². The minimum atomic E-state index is -0.430. The second-order valence-corrected chi connectivity index (χ2v) is 9.40. The lowest BCUT2D eigenvalue weighted by Gasteiger charge is -2.46. The first-order valence-electron chi connectivity index (χ1n) is 11.4. The number of rotatable bonds is 2. The van der Waals surface area contributed by atoms with E-state index in [4.69, 9.17) is 9.97 Å². The van der Waals surface area contributed by atoms with Crippen LogP contribution < -0.4 is 5.32 Å². The van der Waals surface area contributed by atoms with Crippen molar-refractivity contribution in [1.29, 1.82) is 5.26 Å². The van der Waals surface area contributed by atoms with Gasteiger partial charge in [0.2, 0.25) is 0 Å². The van der Waals surface area contributed by atoms with E-state index >= 15 is 0 Å². The highest BCUT2D eigenvalue weighted by Gasteiger charge is 2.49. The number of hydrogen-bond donors (Lipinski definition) is 1. The van der Waals surface area contributed by atoms with Gasteiger partial charge in [0.25, 0.3) is 0 Å². The first-order chi connectivity index (χ1) is 15.0. The van der Waals surface area contributed by atoms with Crippen molar-refractivity contribution >= 4 is 5.78 Å². The lowest BCUT2D eigenvalue weighted by atomic mass is 9.57. The van der Waals surface area contributed by atoms with Gasteiger partial charge in [0.1, 0.15) is 11.9 Å². The van der Waals surface area contributed by atoms with Crippen LogP contribution in [0.3, 0.4) is 0 Å². The van der Waals surface area contributed by atoms with Crippen LogP contribution in [0.4, 0.5) is 0 Å². The number of piperidine rings is 1. The Morgan fingerprint density at radius 3 is 2.58 bits per heavy atom. The number of nitrogens with zero attached hydrogens (tertiary/aromatic N) is 3. The molecule has 2 aliphatic carbocycles. The normalized spacial score (nSPS) is 28.3. The molecule has 0 radical (unpaired) electrons. The zero-order valence-electron chi connectivity index (χ0n) is 18.2. The van der Waals surface area contributed by atoms with Gasteiger partial charge in [-0.2, -0.15) is 5.26 Å². The van der Waals surface area contributed by atoms with Crippen molar-refractivity contribution < 1.29 is 4.79 Å². The standard InChI is InChI=1S/C26H28N4O/c1-16-21-9-8-20-22(17-6-4-3-5-7-17)29-25(18-10-12-28-13-11-18)30-24(20)26(21,2)14-19(15-27)23(16)31/h3-7,14,16,18,21,28H,8-13H2,1-2H3/t16-,21?,26-/m1/s1. The summed E-state index contributed by atoms with van der Waals surface area (Å²) in [6.45, 7) is 6.11. The minimum Gasteiger partial charge on any atom is -0.317 e. The van der Waals surface area contributed by atoms with E-state index in [9.17, 15) is 10.1 Å². The summed E-state index contributed by atoms with van der Waals surface area (Å²) in [4.78, 5) is 23.1. The van der Waals surface area contributed by atoms with Crippen LogP contribution >= 0.6 is 0 Å². The number of carbonyl (C=O) groups is 1. The van der Waals surface area contributed by atoms with Crippen molar-refractivity contribution in [2.24, 2.45) is 11.8 Å². The molecule has 0 amide bonds. The van der Waals surface area contributed by atoms with E-state index in [1.165, 1.54) is 5.56 Å². The average Bonchev–Trinajstić information content (AvgIpc) is 2.82. The molecule has 0 saturated carbocycles. The van der Waals surface area contributed by atoms with E-state index in [0.29, 0.717) is 5.92 Å². The number of hydrogen-bond acceptors (Lipinski definition) is 5. The second kappa shape index (κ2) is 7.69. The Morgan fingerprint density at radius 1 is 1.13 bits per heavy atom. The van der Waals surface area contributed by atoms with Gasteiger partial charge in [0.15, 0.2) is 5.78 Å². The van der Waals surface area contributed by atoms with E-state index in [0.717, 1.165) is 61.5 Å². The molecule has 2 aromatic rings. The summed E-state index contributed by atoms with van der Waals surface area (Å²) in [5.41, 5.74) is 4.19. The lowest BCUT2D eigenvalue weighted by Crippen LogP contribution is -2.46. The predicted molar refractivity (Wildman–Crippen MR) is 119 cm³/mol. The van der Waals surface area contributed by atoms with Gasteiger partial charge < -0.3 is 5.32 Å². The summed E-state index contributed by atoms with van der Waals surface area (Å²) in [6.07, 6.45) is 5.73. The van der Waals surface area contributed by atoms with Crippen LogP contribution in [0, 0.1) is 23.2 Å². The molecule has 0 spiro atoms. The molecular formula is C26H28N4O. The Bertz CT molecular complexity index is 1090. The molecule has 3 atom stereocenters. The topological polar surface area (TPSA) is 78.7 Å². The Morgan fingerprint density at radius 2 is 1.87 bits per heavy atom. The average molecular weight is 413 g/mol. The molecule has 1 N–H and O–H groups in total. The van der Waals surface area contributed by atoms with Crippen molar-refractivity contribution in [3.63, 3.8) is 0 Å². The fourth-order valence-electron chi connectivity index (χ4n) is 5.89. The molecule has 5 rings (SSSR count). The Kier molecular flexibility index (Phi) is 4.98. The van der Waals surface area contributed by atoms with Crippen molar-refractivity contribution in [2.75, 3.05) is 13.1 Å².